The summed E-state index contributed by atoms with van der Waals surface area (Å²) in [5, 5.41) is 11.4. The van der Waals surface area contributed by atoms with Gasteiger partial charge in [0.1, 0.15) is 0 Å². The monoisotopic (exact) mass is 614 g/mol. The maximum atomic E-state index is 13.4. The van der Waals surface area contributed by atoms with Gasteiger partial charge in [-0.15, -0.1) is 0 Å². The summed E-state index contributed by atoms with van der Waals surface area (Å²) in [5.41, 5.74) is -1.23. The van der Waals surface area contributed by atoms with Crippen LogP contribution in [0, 0.1) is 0 Å². The standard InChI is InChI=1S/C29H31Cl2F3N2O3S/c1-35(40(38,39)25-8-3-2-4-9-25)20-22(21-6-5-7-24(30)18-21)12-15-36-16-13-28(37,14-17-36)23-10-11-27(31)26(19-23)29(32,33)34/h2-11,18-19,22,37H,12-17,20H2,1H3. The molecule has 1 saturated heterocycles. The third-order valence-corrected chi connectivity index (χ3v) is 9.94. The molecule has 0 bridgehead atoms. The Morgan fingerprint density at radius 1 is 1.00 bits per heavy atom. The lowest BCUT2D eigenvalue weighted by atomic mass is 9.83. The molecule has 1 aliphatic heterocycles. The summed E-state index contributed by atoms with van der Waals surface area (Å²) >= 11 is 12.0. The number of piperidine rings is 1. The van der Waals surface area contributed by atoms with Gasteiger partial charge >= 0.3 is 6.18 Å². The van der Waals surface area contributed by atoms with Crippen LogP contribution in [0.25, 0.3) is 0 Å². The van der Waals surface area contributed by atoms with E-state index in [9.17, 15) is 26.7 Å². The second-order valence-corrected chi connectivity index (χ2v) is 13.1. The number of nitrogens with zero attached hydrogens (tertiary/aromatic N) is 2. The number of aliphatic hydroxyl groups is 1. The molecule has 40 heavy (non-hydrogen) atoms. The first-order valence-electron chi connectivity index (χ1n) is 12.9. The molecule has 0 saturated carbocycles. The lowest BCUT2D eigenvalue weighted by Gasteiger charge is -2.39. The first-order chi connectivity index (χ1) is 18.8. The van der Waals surface area contributed by atoms with Gasteiger partial charge in [0.2, 0.25) is 10.0 Å². The number of halogens is 5. The first-order valence-corrected chi connectivity index (χ1v) is 15.1. The van der Waals surface area contributed by atoms with Crippen LogP contribution in [0.3, 0.4) is 0 Å². The number of hydrogen-bond acceptors (Lipinski definition) is 4. The molecule has 4 rings (SSSR count). The number of benzene rings is 3. The molecular formula is C29H31Cl2F3N2O3S. The average molecular weight is 616 g/mol. The topological polar surface area (TPSA) is 60.9 Å². The van der Waals surface area contributed by atoms with Crippen LogP contribution in [0.1, 0.15) is 41.9 Å². The molecule has 1 N–H and O–H groups in total. The molecule has 3 aromatic carbocycles. The predicted octanol–water partition coefficient (Wildman–Crippen LogP) is 6.79. The lowest BCUT2D eigenvalue weighted by molar-refractivity contribution is -0.137. The zero-order chi connectivity index (χ0) is 29.1. The third kappa shape index (κ3) is 7.19. The van der Waals surface area contributed by atoms with E-state index in [2.05, 4.69) is 4.90 Å². The van der Waals surface area contributed by atoms with Crippen LogP contribution >= 0.6 is 23.2 Å². The van der Waals surface area contributed by atoms with Gasteiger partial charge in [-0.25, -0.2) is 12.7 Å². The zero-order valence-electron chi connectivity index (χ0n) is 21.9. The number of likely N-dealkylation sites (N-methyl/N-ethyl adjacent to an activating group) is 1. The van der Waals surface area contributed by atoms with Crippen molar-refractivity contribution >= 4 is 33.2 Å². The second-order valence-electron chi connectivity index (χ2n) is 10.2. The molecule has 0 radical (unpaired) electrons. The highest BCUT2D eigenvalue weighted by Gasteiger charge is 2.38. The summed E-state index contributed by atoms with van der Waals surface area (Å²) in [4.78, 5) is 2.35. The van der Waals surface area contributed by atoms with Gasteiger partial charge in [0.25, 0.3) is 0 Å². The van der Waals surface area contributed by atoms with E-state index in [-0.39, 0.29) is 35.8 Å². The molecule has 1 heterocycles. The van der Waals surface area contributed by atoms with Crippen LogP contribution in [-0.2, 0) is 21.8 Å². The Morgan fingerprint density at radius 2 is 1.68 bits per heavy atom. The van der Waals surface area contributed by atoms with Gasteiger partial charge in [-0.2, -0.15) is 13.2 Å². The quantitative estimate of drug-likeness (QED) is 0.288. The fraction of sp³-hybridized carbons (Fsp3) is 0.379. The largest absolute Gasteiger partial charge is 0.417 e. The third-order valence-electron chi connectivity index (χ3n) is 7.54. The van der Waals surface area contributed by atoms with Crippen molar-refractivity contribution in [3.05, 3.63) is 99.5 Å². The maximum Gasteiger partial charge on any atom is 0.417 e. The summed E-state index contributed by atoms with van der Waals surface area (Å²) in [7, 11) is -2.14. The summed E-state index contributed by atoms with van der Waals surface area (Å²) in [5.74, 6) is -0.159. The van der Waals surface area contributed by atoms with Crippen molar-refractivity contribution in [1.29, 1.82) is 0 Å². The Balaban J connectivity index is 1.45. The second kappa shape index (κ2) is 12.4. The maximum absolute atomic E-state index is 13.4. The fourth-order valence-electron chi connectivity index (χ4n) is 5.11. The predicted molar refractivity (Wildman–Crippen MR) is 151 cm³/mol. The minimum atomic E-state index is -4.61. The smallest absolute Gasteiger partial charge is 0.385 e. The molecule has 216 valence electrons. The molecular weight excluding hydrogens is 584 g/mol. The number of likely N-dealkylation sites (tertiary alicyclic amines) is 1. The highest BCUT2D eigenvalue weighted by molar-refractivity contribution is 7.89. The zero-order valence-corrected chi connectivity index (χ0v) is 24.2. The van der Waals surface area contributed by atoms with E-state index < -0.39 is 32.4 Å². The molecule has 1 fully saturated rings. The minimum absolute atomic E-state index is 0.159. The van der Waals surface area contributed by atoms with Gasteiger partial charge in [-0.05, 0) is 79.3 Å². The Bertz CT molecular complexity index is 1410. The molecule has 0 aliphatic carbocycles. The molecule has 0 amide bonds. The average Bonchev–Trinajstić information content (AvgIpc) is 2.91. The van der Waals surface area contributed by atoms with Crippen molar-refractivity contribution < 1.29 is 26.7 Å². The molecule has 3 aromatic rings. The number of sulfonamides is 1. The van der Waals surface area contributed by atoms with Crippen LogP contribution in [0.15, 0.2) is 77.7 Å². The minimum Gasteiger partial charge on any atom is -0.385 e. The van der Waals surface area contributed by atoms with Gasteiger partial charge in [-0.1, -0.05) is 59.6 Å². The van der Waals surface area contributed by atoms with Gasteiger partial charge in [0.05, 0.1) is 21.1 Å². The van der Waals surface area contributed by atoms with E-state index in [4.69, 9.17) is 23.2 Å². The van der Waals surface area contributed by atoms with Crippen LogP contribution < -0.4 is 0 Å². The van der Waals surface area contributed by atoms with E-state index in [1.165, 1.54) is 16.4 Å². The highest BCUT2D eigenvalue weighted by atomic mass is 35.5. The number of alkyl halides is 3. The lowest BCUT2D eigenvalue weighted by Crippen LogP contribution is -2.43. The van der Waals surface area contributed by atoms with E-state index >= 15 is 0 Å². The molecule has 0 aromatic heterocycles. The Hall–Kier alpha value is -2.14. The Labute approximate surface area is 243 Å². The van der Waals surface area contributed by atoms with E-state index in [1.807, 2.05) is 18.2 Å². The van der Waals surface area contributed by atoms with Gasteiger partial charge in [0, 0.05) is 31.7 Å². The molecule has 1 atom stereocenters. The highest BCUT2D eigenvalue weighted by Crippen LogP contribution is 2.40. The van der Waals surface area contributed by atoms with Crippen molar-refractivity contribution in [2.45, 2.75) is 41.9 Å². The van der Waals surface area contributed by atoms with Crippen LogP contribution in [0.4, 0.5) is 13.2 Å². The molecule has 1 unspecified atom stereocenters. The van der Waals surface area contributed by atoms with E-state index in [0.717, 1.165) is 11.6 Å². The van der Waals surface area contributed by atoms with Gasteiger partial charge in [0.15, 0.2) is 0 Å². The molecule has 11 heteroatoms. The van der Waals surface area contributed by atoms with Crippen molar-refractivity contribution in [3.8, 4) is 0 Å². The van der Waals surface area contributed by atoms with E-state index in [1.54, 1.807) is 43.4 Å². The summed E-state index contributed by atoms with van der Waals surface area (Å²) < 4.78 is 67.8. The van der Waals surface area contributed by atoms with Crippen molar-refractivity contribution in [2.24, 2.45) is 0 Å². The number of hydrogen-bond donors (Lipinski definition) is 1. The SMILES string of the molecule is CN(CC(CCN1CCC(O)(c2ccc(Cl)c(C(F)(F)F)c2)CC1)c1cccc(Cl)c1)S(=O)(=O)c1ccccc1. The van der Waals surface area contributed by atoms with Crippen molar-refractivity contribution in [3.63, 3.8) is 0 Å². The number of rotatable bonds is 9. The molecule has 5 nitrogen and oxygen atoms in total. The van der Waals surface area contributed by atoms with Gasteiger partial charge < -0.3 is 10.0 Å². The summed E-state index contributed by atoms with van der Waals surface area (Å²) in [6.07, 6.45) is -3.47. The molecule has 0 spiro atoms. The molecule has 1 aliphatic rings. The van der Waals surface area contributed by atoms with Gasteiger partial charge in [-0.3, -0.25) is 0 Å². The van der Waals surface area contributed by atoms with Crippen LogP contribution in [-0.4, -0.2) is 56.0 Å². The summed E-state index contributed by atoms with van der Waals surface area (Å²) in [6, 6.07) is 19.2. The normalized spacial score (nSPS) is 17.2. The Kier molecular flexibility index (Phi) is 9.54. The van der Waals surface area contributed by atoms with E-state index in [0.29, 0.717) is 31.1 Å². The van der Waals surface area contributed by atoms with Crippen molar-refractivity contribution in [2.75, 3.05) is 33.2 Å². The Morgan fingerprint density at radius 3 is 2.30 bits per heavy atom. The van der Waals surface area contributed by atoms with Crippen LogP contribution in [0.5, 0.6) is 0 Å². The fourth-order valence-corrected chi connectivity index (χ4v) is 6.77. The first kappa shape index (κ1) is 30.8. The summed E-state index contributed by atoms with van der Waals surface area (Å²) in [6.45, 7) is 1.79. The van der Waals surface area contributed by atoms with Crippen LogP contribution in [0.2, 0.25) is 10.0 Å². The van der Waals surface area contributed by atoms with Crippen molar-refractivity contribution in [1.82, 2.24) is 9.21 Å².